The van der Waals surface area contributed by atoms with E-state index in [-0.39, 0.29) is 5.97 Å². The molecule has 0 radical (unpaired) electrons. The molecule has 0 aromatic heterocycles. The number of hydrogen-bond acceptors (Lipinski definition) is 3. The summed E-state index contributed by atoms with van der Waals surface area (Å²) in [4.78, 5) is 12.0. The van der Waals surface area contributed by atoms with Crippen molar-refractivity contribution in [3.8, 4) is 11.5 Å². The fourth-order valence-corrected chi connectivity index (χ4v) is 2.46. The van der Waals surface area contributed by atoms with E-state index in [4.69, 9.17) is 9.47 Å². The molecule has 1 aliphatic heterocycles. The van der Waals surface area contributed by atoms with E-state index in [0.717, 1.165) is 28.2 Å². The van der Waals surface area contributed by atoms with Crippen LogP contribution in [0.4, 0.5) is 0 Å². The van der Waals surface area contributed by atoms with E-state index in [1.807, 2.05) is 55.5 Å². The van der Waals surface area contributed by atoms with E-state index in [2.05, 4.69) is 0 Å². The quantitative estimate of drug-likeness (QED) is 0.743. The minimum Gasteiger partial charge on any atom is -0.466 e. The SMILES string of the molecule is COC(=O)/C1=C/c2ccccc2Oc2ccc(C)cc2C1. The van der Waals surface area contributed by atoms with Gasteiger partial charge in [0.25, 0.3) is 0 Å². The number of benzene rings is 2. The molecule has 3 nitrogen and oxygen atoms in total. The number of esters is 1. The van der Waals surface area contributed by atoms with E-state index in [9.17, 15) is 4.79 Å². The summed E-state index contributed by atoms with van der Waals surface area (Å²) in [6, 6.07) is 13.7. The smallest absolute Gasteiger partial charge is 0.334 e. The van der Waals surface area contributed by atoms with E-state index >= 15 is 0 Å². The largest absolute Gasteiger partial charge is 0.466 e. The van der Waals surface area contributed by atoms with Gasteiger partial charge in [0.05, 0.1) is 7.11 Å². The monoisotopic (exact) mass is 280 g/mol. The van der Waals surface area contributed by atoms with Crippen LogP contribution in [-0.4, -0.2) is 13.1 Å². The number of methoxy groups -OCH3 is 1. The van der Waals surface area contributed by atoms with Crippen LogP contribution in [0, 0.1) is 6.92 Å². The van der Waals surface area contributed by atoms with Crippen LogP contribution in [0.5, 0.6) is 11.5 Å². The summed E-state index contributed by atoms with van der Waals surface area (Å²) in [7, 11) is 1.40. The molecule has 2 aromatic carbocycles. The van der Waals surface area contributed by atoms with Crippen molar-refractivity contribution >= 4 is 12.0 Å². The molecule has 21 heavy (non-hydrogen) atoms. The molecule has 0 amide bonds. The lowest BCUT2D eigenvalue weighted by Gasteiger charge is -2.18. The fourth-order valence-electron chi connectivity index (χ4n) is 2.46. The Morgan fingerprint density at radius 1 is 1.14 bits per heavy atom. The van der Waals surface area contributed by atoms with Crippen LogP contribution in [0.3, 0.4) is 0 Å². The number of rotatable bonds is 1. The van der Waals surface area contributed by atoms with Crippen molar-refractivity contribution in [2.24, 2.45) is 0 Å². The van der Waals surface area contributed by atoms with Gasteiger partial charge in [-0.3, -0.25) is 0 Å². The van der Waals surface area contributed by atoms with Gasteiger partial charge in [0.15, 0.2) is 0 Å². The molecule has 0 atom stereocenters. The molecule has 0 saturated carbocycles. The van der Waals surface area contributed by atoms with Crippen LogP contribution in [-0.2, 0) is 16.0 Å². The van der Waals surface area contributed by atoms with Crippen molar-refractivity contribution in [3.05, 3.63) is 64.7 Å². The second kappa shape index (κ2) is 5.44. The molecule has 0 bridgehead atoms. The van der Waals surface area contributed by atoms with Gasteiger partial charge in [-0.05, 0) is 30.7 Å². The van der Waals surface area contributed by atoms with Crippen molar-refractivity contribution in [1.82, 2.24) is 0 Å². The van der Waals surface area contributed by atoms with E-state index in [0.29, 0.717) is 12.0 Å². The number of hydrogen-bond donors (Lipinski definition) is 0. The van der Waals surface area contributed by atoms with Crippen LogP contribution in [0.25, 0.3) is 6.08 Å². The van der Waals surface area contributed by atoms with Gasteiger partial charge in [-0.15, -0.1) is 0 Å². The lowest BCUT2D eigenvalue weighted by atomic mass is 9.98. The van der Waals surface area contributed by atoms with Crippen LogP contribution < -0.4 is 4.74 Å². The van der Waals surface area contributed by atoms with Crippen LogP contribution in [0.2, 0.25) is 0 Å². The van der Waals surface area contributed by atoms with Crippen molar-refractivity contribution in [3.63, 3.8) is 0 Å². The predicted molar refractivity (Wildman–Crippen MR) is 81.4 cm³/mol. The molecule has 0 saturated heterocycles. The topological polar surface area (TPSA) is 35.5 Å². The molecule has 2 aromatic rings. The Kier molecular flexibility index (Phi) is 3.48. The Balaban J connectivity index is 2.17. The average molecular weight is 280 g/mol. The molecule has 106 valence electrons. The molecule has 3 heteroatoms. The first-order chi connectivity index (χ1) is 10.2. The summed E-state index contributed by atoms with van der Waals surface area (Å²) < 4.78 is 10.9. The third kappa shape index (κ3) is 2.68. The maximum absolute atomic E-state index is 12.0. The first kappa shape index (κ1) is 13.4. The van der Waals surface area contributed by atoms with E-state index < -0.39 is 0 Å². The maximum Gasteiger partial charge on any atom is 0.334 e. The average Bonchev–Trinajstić information content (AvgIpc) is 2.47. The highest BCUT2D eigenvalue weighted by molar-refractivity contribution is 5.95. The highest BCUT2D eigenvalue weighted by Gasteiger charge is 2.18. The Hall–Kier alpha value is -2.55. The second-order valence-electron chi connectivity index (χ2n) is 5.09. The molecular weight excluding hydrogens is 264 g/mol. The Bertz CT molecular complexity index is 729. The van der Waals surface area contributed by atoms with Crippen LogP contribution >= 0.6 is 0 Å². The highest BCUT2D eigenvalue weighted by Crippen LogP contribution is 2.34. The summed E-state index contributed by atoms with van der Waals surface area (Å²) in [6.07, 6.45) is 2.34. The Labute approximate surface area is 123 Å². The molecule has 0 fully saturated rings. The van der Waals surface area contributed by atoms with Crippen molar-refractivity contribution < 1.29 is 14.3 Å². The van der Waals surface area contributed by atoms with Gasteiger partial charge in [-0.2, -0.15) is 0 Å². The zero-order valence-electron chi connectivity index (χ0n) is 12.1. The lowest BCUT2D eigenvalue weighted by Crippen LogP contribution is -2.10. The highest BCUT2D eigenvalue weighted by atomic mass is 16.5. The van der Waals surface area contributed by atoms with Gasteiger partial charge in [0.2, 0.25) is 0 Å². The number of ether oxygens (including phenoxy) is 2. The molecule has 1 heterocycles. The molecule has 1 aliphatic rings. The first-order valence-corrected chi connectivity index (χ1v) is 6.82. The number of para-hydroxylation sites is 1. The Morgan fingerprint density at radius 2 is 1.95 bits per heavy atom. The van der Waals surface area contributed by atoms with Gasteiger partial charge in [0.1, 0.15) is 11.5 Å². The van der Waals surface area contributed by atoms with Gasteiger partial charge < -0.3 is 9.47 Å². The number of fused-ring (bicyclic) bond motifs is 2. The molecular formula is C18H16O3. The minimum absolute atomic E-state index is 0.306. The Morgan fingerprint density at radius 3 is 2.76 bits per heavy atom. The predicted octanol–water partition coefficient (Wildman–Crippen LogP) is 3.90. The minimum atomic E-state index is -0.306. The normalized spacial score (nSPS) is 15.4. The number of aryl methyl sites for hydroxylation is 1. The zero-order chi connectivity index (χ0) is 14.8. The number of carbonyl (C=O) groups is 1. The summed E-state index contributed by atoms with van der Waals surface area (Å²) >= 11 is 0. The molecule has 3 rings (SSSR count). The number of carbonyl (C=O) groups excluding carboxylic acids is 1. The third-order valence-corrected chi connectivity index (χ3v) is 3.51. The summed E-state index contributed by atoms with van der Waals surface area (Å²) in [6.45, 7) is 2.02. The first-order valence-electron chi connectivity index (χ1n) is 6.82. The van der Waals surface area contributed by atoms with Crippen molar-refractivity contribution in [1.29, 1.82) is 0 Å². The van der Waals surface area contributed by atoms with E-state index in [1.54, 1.807) is 0 Å². The molecule has 0 spiro atoms. The molecule has 0 aliphatic carbocycles. The molecule has 0 N–H and O–H groups in total. The van der Waals surface area contributed by atoms with E-state index in [1.165, 1.54) is 7.11 Å². The molecule has 0 unspecified atom stereocenters. The van der Waals surface area contributed by atoms with Crippen LogP contribution in [0.15, 0.2) is 48.0 Å². The van der Waals surface area contributed by atoms with Crippen molar-refractivity contribution in [2.75, 3.05) is 7.11 Å². The van der Waals surface area contributed by atoms with Gasteiger partial charge in [-0.25, -0.2) is 4.79 Å². The second-order valence-corrected chi connectivity index (χ2v) is 5.09. The summed E-state index contributed by atoms with van der Waals surface area (Å²) in [5, 5.41) is 0. The van der Waals surface area contributed by atoms with Gasteiger partial charge in [-0.1, -0.05) is 35.9 Å². The van der Waals surface area contributed by atoms with Crippen molar-refractivity contribution in [2.45, 2.75) is 13.3 Å². The zero-order valence-corrected chi connectivity index (χ0v) is 12.1. The summed E-state index contributed by atoms with van der Waals surface area (Å²) in [5.41, 5.74) is 3.63. The third-order valence-electron chi connectivity index (χ3n) is 3.51. The maximum atomic E-state index is 12.0. The lowest BCUT2D eigenvalue weighted by molar-refractivity contribution is -0.136. The van der Waals surface area contributed by atoms with Gasteiger partial charge >= 0.3 is 5.97 Å². The summed E-state index contributed by atoms with van der Waals surface area (Å²) in [5.74, 6) is 1.21. The van der Waals surface area contributed by atoms with Crippen LogP contribution in [0.1, 0.15) is 16.7 Å². The fraction of sp³-hybridized carbons (Fsp3) is 0.167. The van der Waals surface area contributed by atoms with Gasteiger partial charge in [0, 0.05) is 17.6 Å². The standard InChI is InChI=1S/C18H16O3/c1-12-7-8-17-14(9-12)11-15(18(19)20-2)10-13-5-3-4-6-16(13)21-17/h3-10H,11H2,1-2H3/b15-10+.